The third-order valence-corrected chi connectivity index (χ3v) is 4.72. The van der Waals surface area contributed by atoms with Crippen LogP contribution in [0.25, 0.3) is 0 Å². The van der Waals surface area contributed by atoms with Crippen molar-refractivity contribution in [1.82, 2.24) is 0 Å². The highest BCUT2D eigenvalue weighted by atomic mass is 16.8. The van der Waals surface area contributed by atoms with Gasteiger partial charge in [0.2, 0.25) is 6.29 Å². The Bertz CT molecular complexity index is 601. The zero-order valence-electron chi connectivity index (χ0n) is 13.8. The summed E-state index contributed by atoms with van der Waals surface area (Å²) in [5.41, 5.74) is 1.08. The molecule has 4 rings (SSSR count). The maximum absolute atomic E-state index is 11.6. The van der Waals surface area contributed by atoms with Crippen LogP contribution < -0.4 is 0 Å². The summed E-state index contributed by atoms with van der Waals surface area (Å²) in [6.45, 7) is 4.65. The van der Waals surface area contributed by atoms with E-state index < -0.39 is 12.1 Å². The van der Waals surface area contributed by atoms with Crippen molar-refractivity contribution in [2.24, 2.45) is 5.92 Å². The highest BCUT2D eigenvalue weighted by Gasteiger charge is 2.56. The van der Waals surface area contributed by atoms with Gasteiger partial charge < -0.3 is 23.7 Å². The number of esters is 1. The predicted octanol–water partition coefficient (Wildman–Crippen LogP) is 2.01. The van der Waals surface area contributed by atoms with Gasteiger partial charge in [0.25, 0.3) is 0 Å². The molecule has 0 amide bonds. The van der Waals surface area contributed by atoms with Crippen LogP contribution >= 0.6 is 0 Å². The fourth-order valence-corrected chi connectivity index (χ4v) is 3.59. The molecule has 24 heavy (non-hydrogen) atoms. The van der Waals surface area contributed by atoms with E-state index >= 15 is 0 Å². The Morgan fingerprint density at radius 1 is 1.25 bits per heavy atom. The lowest BCUT2D eigenvalue weighted by Crippen LogP contribution is -2.41. The molecule has 0 spiro atoms. The number of benzene rings is 1. The first kappa shape index (κ1) is 16.0. The third kappa shape index (κ3) is 3.07. The normalized spacial score (nSPS) is 37.4. The van der Waals surface area contributed by atoms with E-state index in [0.717, 1.165) is 5.56 Å². The van der Waals surface area contributed by atoms with E-state index in [2.05, 4.69) is 0 Å². The highest BCUT2D eigenvalue weighted by molar-refractivity contribution is 5.72. The molecule has 3 aliphatic rings. The van der Waals surface area contributed by atoms with Crippen LogP contribution in [0.3, 0.4) is 0 Å². The van der Waals surface area contributed by atoms with Crippen molar-refractivity contribution in [3.05, 3.63) is 35.9 Å². The minimum Gasteiger partial charge on any atom is -0.435 e. The quantitative estimate of drug-likeness (QED) is 0.785. The molecule has 130 valence electrons. The molecule has 5 atom stereocenters. The molecule has 0 aliphatic carbocycles. The van der Waals surface area contributed by atoms with Gasteiger partial charge in [0, 0.05) is 0 Å². The lowest BCUT2D eigenvalue weighted by atomic mass is 9.96. The van der Waals surface area contributed by atoms with Gasteiger partial charge in [0.1, 0.15) is 12.2 Å². The van der Waals surface area contributed by atoms with Crippen molar-refractivity contribution in [1.29, 1.82) is 0 Å². The number of carbonyl (C=O) groups excluding carboxylic acids is 1. The first-order valence-corrected chi connectivity index (χ1v) is 8.34. The molecule has 1 aromatic rings. The summed E-state index contributed by atoms with van der Waals surface area (Å²) in [6.07, 6.45) is -1.03. The second kappa shape index (κ2) is 6.11. The van der Waals surface area contributed by atoms with Gasteiger partial charge in [-0.3, -0.25) is 4.79 Å². The van der Waals surface area contributed by atoms with Crippen molar-refractivity contribution in [2.45, 2.75) is 57.3 Å². The molecule has 0 N–H and O–H groups in total. The Morgan fingerprint density at radius 3 is 2.75 bits per heavy atom. The lowest BCUT2D eigenvalue weighted by molar-refractivity contribution is -0.190. The molecule has 6 nitrogen and oxygen atoms in total. The fraction of sp³-hybridized carbons (Fsp3) is 0.611. The molecular formula is C18H22O6. The highest BCUT2D eigenvalue weighted by Crippen LogP contribution is 2.41. The van der Waals surface area contributed by atoms with Crippen LogP contribution in [0.5, 0.6) is 0 Å². The van der Waals surface area contributed by atoms with Gasteiger partial charge in [-0.25, -0.2) is 0 Å². The van der Waals surface area contributed by atoms with Gasteiger partial charge in [-0.15, -0.1) is 0 Å². The smallest absolute Gasteiger partial charge is 0.308 e. The number of rotatable bonds is 4. The molecular weight excluding hydrogens is 312 g/mol. The summed E-state index contributed by atoms with van der Waals surface area (Å²) in [5.74, 6) is -0.967. The molecule has 6 heteroatoms. The molecule has 3 fully saturated rings. The van der Waals surface area contributed by atoms with Crippen LogP contribution in [-0.4, -0.2) is 43.0 Å². The molecule has 0 saturated carbocycles. The van der Waals surface area contributed by atoms with Gasteiger partial charge in [-0.05, 0) is 19.4 Å². The van der Waals surface area contributed by atoms with E-state index in [4.69, 9.17) is 23.7 Å². The Kier molecular flexibility index (Phi) is 4.08. The molecule has 0 radical (unpaired) electrons. The number of carbonyl (C=O) groups is 1. The monoisotopic (exact) mass is 334 g/mol. The number of hydrogen-bond acceptors (Lipinski definition) is 6. The van der Waals surface area contributed by atoms with Crippen molar-refractivity contribution in [3.8, 4) is 0 Å². The van der Waals surface area contributed by atoms with Crippen molar-refractivity contribution < 1.29 is 28.5 Å². The van der Waals surface area contributed by atoms with Crippen LogP contribution in [0.2, 0.25) is 0 Å². The van der Waals surface area contributed by atoms with Crippen LogP contribution in [0, 0.1) is 5.92 Å². The summed E-state index contributed by atoms with van der Waals surface area (Å²) in [4.78, 5) is 11.6. The van der Waals surface area contributed by atoms with Gasteiger partial charge in [-0.1, -0.05) is 30.3 Å². The molecule has 1 aromatic carbocycles. The average Bonchev–Trinajstić information content (AvgIpc) is 3.18. The van der Waals surface area contributed by atoms with Crippen LogP contribution in [0.1, 0.15) is 25.8 Å². The molecule has 0 bridgehead atoms. The van der Waals surface area contributed by atoms with Gasteiger partial charge in [0.05, 0.1) is 31.7 Å². The van der Waals surface area contributed by atoms with Crippen molar-refractivity contribution >= 4 is 5.97 Å². The first-order chi connectivity index (χ1) is 11.5. The van der Waals surface area contributed by atoms with Gasteiger partial charge >= 0.3 is 5.97 Å². The molecule has 0 aromatic heterocycles. The van der Waals surface area contributed by atoms with E-state index in [-0.39, 0.29) is 30.2 Å². The Balaban J connectivity index is 1.49. The summed E-state index contributed by atoms with van der Waals surface area (Å²) in [7, 11) is 0. The number of fused-ring (bicyclic) bond motifs is 1. The lowest BCUT2D eigenvalue weighted by Gasteiger charge is -2.26. The van der Waals surface area contributed by atoms with E-state index in [0.29, 0.717) is 19.6 Å². The molecule has 3 saturated heterocycles. The van der Waals surface area contributed by atoms with E-state index in [1.807, 2.05) is 44.2 Å². The standard InChI is InChI=1S/C18H22O6/c1-18(2)21-10-13(24-18)16-15(12-8-14(19)22-17(12)23-16)20-9-11-6-4-3-5-7-11/h3-7,12-13,15-17H,8-10H2,1-2H3/t12-,13?,15-,16-,17+/m1/s1. The third-order valence-electron chi connectivity index (χ3n) is 4.72. The predicted molar refractivity (Wildman–Crippen MR) is 82.8 cm³/mol. The Labute approximate surface area is 141 Å². The minimum atomic E-state index is -0.633. The fourth-order valence-electron chi connectivity index (χ4n) is 3.59. The zero-order valence-corrected chi connectivity index (χ0v) is 13.8. The maximum atomic E-state index is 11.6. The topological polar surface area (TPSA) is 63.2 Å². The summed E-state index contributed by atoms with van der Waals surface area (Å²) in [6, 6.07) is 9.94. The summed E-state index contributed by atoms with van der Waals surface area (Å²) in [5, 5.41) is 0. The second-order valence-corrected chi connectivity index (χ2v) is 6.96. The van der Waals surface area contributed by atoms with Gasteiger partial charge in [-0.2, -0.15) is 0 Å². The van der Waals surface area contributed by atoms with E-state index in [1.54, 1.807) is 0 Å². The molecule has 3 aliphatic heterocycles. The van der Waals surface area contributed by atoms with E-state index in [1.165, 1.54) is 0 Å². The van der Waals surface area contributed by atoms with Crippen molar-refractivity contribution in [2.75, 3.05) is 6.61 Å². The first-order valence-electron chi connectivity index (χ1n) is 8.34. The largest absolute Gasteiger partial charge is 0.435 e. The maximum Gasteiger partial charge on any atom is 0.308 e. The number of hydrogen-bond donors (Lipinski definition) is 0. The van der Waals surface area contributed by atoms with Gasteiger partial charge in [0.15, 0.2) is 5.79 Å². The zero-order chi connectivity index (χ0) is 16.7. The molecule has 1 unspecified atom stereocenters. The Hall–Kier alpha value is -1.47. The number of ether oxygens (including phenoxy) is 5. The summed E-state index contributed by atoms with van der Waals surface area (Å²) >= 11 is 0. The average molecular weight is 334 g/mol. The van der Waals surface area contributed by atoms with Crippen molar-refractivity contribution in [3.63, 3.8) is 0 Å². The SMILES string of the molecule is CC1(C)OCC([C@H]2O[C@@H]3OC(=O)C[C@@H]3[C@H]2OCc2ccccc2)O1. The second-order valence-electron chi connectivity index (χ2n) is 6.96. The molecule has 3 heterocycles. The van der Waals surface area contributed by atoms with Crippen LogP contribution in [0.4, 0.5) is 0 Å². The van der Waals surface area contributed by atoms with Crippen LogP contribution in [0.15, 0.2) is 30.3 Å². The minimum absolute atomic E-state index is 0.0986. The Morgan fingerprint density at radius 2 is 2.04 bits per heavy atom. The summed E-state index contributed by atoms with van der Waals surface area (Å²) < 4.78 is 29.0. The van der Waals surface area contributed by atoms with E-state index in [9.17, 15) is 4.79 Å². The van der Waals surface area contributed by atoms with Crippen LogP contribution in [-0.2, 0) is 35.1 Å².